The summed E-state index contributed by atoms with van der Waals surface area (Å²) in [7, 11) is 0. The quantitative estimate of drug-likeness (QED) is 0.688. The Morgan fingerprint density at radius 2 is 2.07 bits per heavy atom. The third-order valence-corrected chi connectivity index (χ3v) is 1.30. The van der Waals surface area contributed by atoms with Crippen molar-refractivity contribution in [3.05, 3.63) is 11.8 Å². The summed E-state index contributed by atoms with van der Waals surface area (Å²) in [6, 6.07) is 0. The molecule has 0 atom stereocenters. The standard InChI is InChI=1S/C6H4F3N3O3/c7-6(8,9)5(14)15-4-2(3(10)13)1-11-12-4/h1H,(H2,10,13)(H,11,12). The number of primary amides is 1. The number of hydrogen-bond donors (Lipinski definition) is 2. The monoisotopic (exact) mass is 223 g/mol. The lowest BCUT2D eigenvalue weighted by atomic mass is 10.3. The van der Waals surface area contributed by atoms with Crippen LogP contribution in [-0.4, -0.2) is 28.3 Å². The van der Waals surface area contributed by atoms with Crippen molar-refractivity contribution >= 4 is 11.9 Å². The van der Waals surface area contributed by atoms with Crippen LogP contribution in [0.1, 0.15) is 10.4 Å². The fraction of sp³-hybridized carbons (Fsp3) is 0.167. The molecule has 1 aromatic heterocycles. The third-order valence-electron chi connectivity index (χ3n) is 1.30. The second-order valence-electron chi connectivity index (χ2n) is 2.36. The van der Waals surface area contributed by atoms with Crippen molar-refractivity contribution in [2.45, 2.75) is 6.18 Å². The van der Waals surface area contributed by atoms with E-state index >= 15 is 0 Å². The van der Waals surface area contributed by atoms with Crippen molar-refractivity contribution in [1.29, 1.82) is 0 Å². The highest BCUT2D eigenvalue weighted by atomic mass is 19.4. The van der Waals surface area contributed by atoms with Crippen LogP contribution in [0.2, 0.25) is 0 Å². The highest BCUT2D eigenvalue weighted by Gasteiger charge is 2.42. The van der Waals surface area contributed by atoms with E-state index in [0.29, 0.717) is 0 Å². The first-order valence-electron chi connectivity index (χ1n) is 3.44. The smallest absolute Gasteiger partial charge is 0.400 e. The van der Waals surface area contributed by atoms with Gasteiger partial charge in [-0.05, 0) is 0 Å². The minimum Gasteiger partial charge on any atom is -0.400 e. The molecular weight excluding hydrogens is 219 g/mol. The Hall–Kier alpha value is -2.06. The van der Waals surface area contributed by atoms with Gasteiger partial charge in [-0.1, -0.05) is 0 Å². The first-order valence-corrected chi connectivity index (χ1v) is 3.44. The van der Waals surface area contributed by atoms with Crippen molar-refractivity contribution in [3.8, 4) is 5.88 Å². The van der Waals surface area contributed by atoms with Crippen LogP contribution in [0, 0.1) is 0 Å². The Morgan fingerprint density at radius 1 is 1.47 bits per heavy atom. The van der Waals surface area contributed by atoms with E-state index in [1.807, 2.05) is 5.10 Å². The van der Waals surface area contributed by atoms with Crippen LogP contribution in [0.3, 0.4) is 0 Å². The number of H-pyrrole nitrogens is 1. The topological polar surface area (TPSA) is 98.1 Å². The number of nitrogens with one attached hydrogen (secondary N) is 1. The number of carbonyl (C=O) groups is 2. The summed E-state index contributed by atoms with van der Waals surface area (Å²) in [6.07, 6.45) is -4.30. The maximum Gasteiger partial charge on any atom is 0.491 e. The molecule has 0 radical (unpaired) electrons. The summed E-state index contributed by atoms with van der Waals surface area (Å²) in [5, 5.41) is 5.10. The molecule has 0 aromatic carbocycles. The number of esters is 1. The SMILES string of the molecule is NC(=O)c1cn[nH]c1OC(=O)C(F)(F)F. The molecule has 0 unspecified atom stereocenters. The highest BCUT2D eigenvalue weighted by molar-refractivity contribution is 5.95. The maximum atomic E-state index is 11.7. The zero-order valence-electron chi connectivity index (χ0n) is 6.96. The molecule has 1 aromatic rings. The van der Waals surface area contributed by atoms with Crippen LogP contribution in [0.15, 0.2) is 6.20 Å². The van der Waals surface area contributed by atoms with Crippen LogP contribution in [0.25, 0.3) is 0 Å². The van der Waals surface area contributed by atoms with Crippen molar-refractivity contribution in [2.24, 2.45) is 5.73 Å². The molecule has 0 aliphatic heterocycles. The van der Waals surface area contributed by atoms with Gasteiger partial charge in [0.15, 0.2) is 0 Å². The van der Waals surface area contributed by atoms with Gasteiger partial charge in [0.25, 0.3) is 5.91 Å². The average molecular weight is 223 g/mol. The molecule has 1 heterocycles. The summed E-state index contributed by atoms with van der Waals surface area (Å²) >= 11 is 0. The average Bonchev–Trinajstić information content (AvgIpc) is 2.50. The number of nitrogens with two attached hydrogens (primary N) is 1. The number of aromatic nitrogens is 2. The molecule has 1 amide bonds. The van der Waals surface area contributed by atoms with Crippen LogP contribution in [0.5, 0.6) is 5.88 Å². The molecule has 6 nitrogen and oxygen atoms in total. The first kappa shape index (κ1) is 11.0. The second-order valence-corrected chi connectivity index (χ2v) is 2.36. The highest BCUT2D eigenvalue weighted by Crippen LogP contribution is 2.20. The van der Waals surface area contributed by atoms with Gasteiger partial charge in [0.05, 0.1) is 6.20 Å². The number of aromatic amines is 1. The number of amides is 1. The number of hydrogen-bond acceptors (Lipinski definition) is 4. The Labute approximate surface area is 80.2 Å². The van der Waals surface area contributed by atoms with Gasteiger partial charge in [0.1, 0.15) is 5.56 Å². The minimum absolute atomic E-state index is 0.437. The Balaban J connectivity index is 2.86. The predicted octanol–water partition coefficient (Wildman–Crippen LogP) is -0.0237. The molecule has 0 aliphatic rings. The zero-order valence-corrected chi connectivity index (χ0v) is 6.96. The first-order chi connectivity index (χ1) is 6.82. The van der Waals surface area contributed by atoms with E-state index in [2.05, 4.69) is 9.84 Å². The van der Waals surface area contributed by atoms with Crippen LogP contribution in [-0.2, 0) is 4.79 Å². The van der Waals surface area contributed by atoms with Gasteiger partial charge in [0.2, 0.25) is 5.88 Å². The minimum atomic E-state index is -5.15. The maximum absolute atomic E-state index is 11.7. The lowest BCUT2D eigenvalue weighted by Gasteiger charge is -2.05. The summed E-state index contributed by atoms with van der Waals surface area (Å²) < 4.78 is 39.1. The van der Waals surface area contributed by atoms with E-state index in [0.717, 1.165) is 6.20 Å². The largest absolute Gasteiger partial charge is 0.491 e. The molecule has 0 aliphatic carbocycles. The molecule has 1 rings (SSSR count). The molecule has 15 heavy (non-hydrogen) atoms. The molecule has 9 heteroatoms. The van der Waals surface area contributed by atoms with E-state index in [-0.39, 0.29) is 0 Å². The van der Waals surface area contributed by atoms with E-state index < -0.39 is 29.5 Å². The van der Waals surface area contributed by atoms with Crippen molar-refractivity contribution in [3.63, 3.8) is 0 Å². The fourth-order valence-corrected chi connectivity index (χ4v) is 0.678. The van der Waals surface area contributed by atoms with Gasteiger partial charge in [-0.15, -0.1) is 0 Å². The Kier molecular flexibility index (Phi) is 2.64. The molecule has 0 saturated heterocycles. The van der Waals surface area contributed by atoms with Gasteiger partial charge in [-0.3, -0.25) is 4.79 Å². The molecule has 3 N–H and O–H groups in total. The molecule has 0 spiro atoms. The van der Waals surface area contributed by atoms with Gasteiger partial charge in [-0.2, -0.15) is 18.3 Å². The summed E-state index contributed by atoms with van der Waals surface area (Å²) in [6.45, 7) is 0. The molecule has 0 saturated carbocycles. The number of carbonyl (C=O) groups excluding carboxylic acids is 2. The number of nitrogens with zero attached hydrogens (tertiary/aromatic N) is 1. The molecular formula is C6H4F3N3O3. The third kappa shape index (κ3) is 2.45. The lowest BCUT2D eigenvalue weighted by molar-refractivity contribution is -0.190. The van der Waals surface area contributed by atoms with E-state index in [1.165, 1.54) is 0 Å². The molecule has 0 bridgehead atoms. The van der Waals surface area contributed by atoms with E-state index in [1.54, 1.807) is 0 Å². The normalized spacial score (nSPS) is 11.1. The number of alkyl halides is 3. The zero-order chi connectivity index (χ0) is 11.6. The van der Waals surface area contributed by atoms with Crippen LogP contribution < -0.4 is 10.5 Å². The van der Waals surface area contributed by atoms with Gasteiger partial charge in [0, 0.05) is 0 Å². The number of halogens is 3. The lowest BCUT2D eigenvalue weighted by Crippen LogP contribution is -2.29. The Morgan fingerprint density at radius 3 is 2.53 bits per heavy atom. The fourth-order valence-electron chi connectivity index (χ4n) is 0.678. The second kappa shape index (κ2) is 3.59. The van der Waals surface area contributed by atoms with Gasteiger partial charge < -0.3 is 10.5 Å². The molecule has 82 valence electrons. The molecule has 0 fully saturated rings. The van der Waals surface area contributed by atoms with Gasteiger partial charge in [-0.25, -0.2) is 9.89 Å². The van der Waals surface area contributed by atoms with Gasteiger partial charge >= 0.3 is 12.1 Å². The summed E-state index contributed by atoms with van der Waals surface area (Å²) in [4.78, 5) is 21.0. The number of ether oxygens (including phenoxy) is 1. The van der Waals surface area contributed by atoms with Crippen molar-refractivity contribution < 1.29 is 27.5 Å². The van der Waals surface area contributed by atoms with E-state index in [9.17, 15) is 22.8 Å². The summed E-state index contributed by atoms with van der Waals surface area (Å²) in [5.41, 5.74) is 4.33. The Bertz CT molecular complexity index is 398. The predicted molar refractivity (Wildman–Crippen MR) is 38.8 cm³/mol. The van der Waals surface area contributed by atoms with Crippen molar-refractivity contribution in [1.82, 2.24) is 10.2 Å². The summed E-state index contributed by atoms with van der Waals surface area (Å²) in [5.74, 6) is -4.26. The number of rotatable bonds is 2. The van der Waals surface area contributed by atoms with Crippen LogP contribution in [0.4, 0.5) is 13.2 Å². The van der Waals surface area contributed by atoms with Crippen molar-refractivity contribution in [2.75, 3.05) is 0 Å². The van der Waals surface area contributed by atoms with E-state index in [4.69, 9.17) is 5.73 Å². The van der Waals surface area contributed by atoms with Crippen LogP contribution >= 0.6 is 0 Å².